The molecule has 1 amide bonds. The van der Waals surface area contributed by atoms with Gasteiger partial charge in [-0.25, -0.2) is 0 Å². The smallest absolute Gasteiger partial charge is 0.239 e. The highest BCUT2D eigenvalue weighted by molar-refractivity contribution is 5.73. The molecule has 0 spiro atoms. The van der Waals surface area contributed by atoms with Gasteiger partial charge in [-0.05, 0) is 25.8 Å². The van der Waals surface area contributed by atoms with Gasteiger partial charge < -0.3 is 11.1 Å². The molecule has 6 heteroatoms. The van der Waals surface area contributed by atoms with Crippen molar-refractivity contribution in [3.63, 3.8) is 0 Å². The summed E-state index contributed by atoms with van der Waals surface area (Å²) in [6.45, 7) is 2.57. The van der Waals surface area contributed by atoms with Crippen LogP contribution in [0.4, 0.5) is 5.69 Å². The third-order valence-corrected chi connectivity index (χ3v) is 4.16. The molecule has 1 aromatic heterocycles. The van der Waals surface area contributed by atoms with E-state index in [-0.39, 0.29) is 12.5 Å². The van der Waals surface area contributed by atoms with Crippen LogP contribution in [0.15, 0.2) is 12.4 Å². The first kappa shape index (κ1) is 12.5. The molecule has 104 valence electrons. The Morgan fingerprint density at radius 1 is 1.42 bits per heavy atom. The summed E-state index contributed by atoms with van der Waals surface area (Å²) in [5, 5.41) is 7.70. The number of nitrogens with one attached hydrogen (secondary N) is 1. The minimum atomic E-state index is -0.367. The first-order valence-corrected chi connectivity index (χ1v) is 7.04. The Bertz CT molecular complexity index is 458. The van der Waals surface area contributed by atoms with Gasteiger partial charge in [0.2, 0.25) is 5.91 Å². The Morgan fingerprint density at radius 2 is 2.32 bits per heavy atom. The maximum Gasteiger partial charge on any atom is 0.239 e. The Hall–Kier alpha value is -1.56. The van der Waals surface area contributed by atoms with Crippen molar-refractivity contribution in [1.29, 1.82) is 0 Å². The van der Waals surface area contributed by atoms with Crippen LogP contribution in [0, 0.1) is 0 Å². The zero-order valence-electron chi connectivity index (χ0n) is 11.1. The lowest BCUT2D eigenvalue weighted by atomic mass is 9.99. The van der Waals surface area contributed by atoms with Crippen LogP contribution in [0.1, 0.15) is 25.7 Å². The number of amides is 1. The summed E-state index contributed by atoms with van der Waals surface area (Å²) in [4.78, 5) is 13.4. The molecule has 2 unspecified atom stereocenters. The van der Waals surface area contributed by atoms with Crippen molar-refractivity contribution in [1.82, 2.24) is 14.7 Å². The number of primary amides is 1. The number of hydrogen-bond donors (Lipinski definition) is 2. The lowest BCUT2D eigenvalue weighted by molar-refractivity contribution is -0.118. The topological polar surface area (TPSA) is 76.2 Å². The fourth-order valence-electron chi connectivity index (χ4n) is 3.31. The van der Waals surface area contributed by atoms with E-state index >= 15 is 0 Å². The van der Waals surface area contributed by atoms with Crippen LogP contribution >= 0.6 is 0 Å². The number of aromatic nitrogens is 2. The van der Waals surface area contributed by atoms with E-state index in [4.69, 9.17) is 5.73 Å². The number of nitrogens with two attached hydrogens (primary N) is 1. The molecule has 1 aromatic rings. The molecule has 0 saturated carbocycles. The lowest BCUT2D eigenvalue weighted by Crippen LogP contribution is -2.41. The van der Waals surface area contributed by atoms with Crippen LogP contribution in [0.2, 0.25) is 0 Å². The Balaban J connectivity index is 1.61. The summed E-state index contributed by atoms with van der Waals surface area (Å²) in [6, 6.07) is 1.17. The second-order valence-corrected chi connectivity index (χ2v) is 5.53. The predicted molar refractivity (Wildman–Crippen MR) is 72.7 cm³/mol. The number of nitrogens with zero attached hydrogens (tertiary/aromatic N) is 3. The summed E-state index contributed by atoms with van der Waals surface area (Å²) in [5.41, 5.74) is 6.14. The summed E-state index contributed by atoms with van der Waals surface area (Å²) < 4.78 is 1.58. The van der Waals surface area contributed by atoms with Crippen molar-refractivity contribution < 1.29 is 4.79 Å². The van der Waals surface area contributed by atoms with E-state index in [1.807, 2.05) is 6.20 Å². The summed E-state index contributed by atoms with van der Waals surface area (Å²) in [7, 11) is 0. The van der Waals surface area contributed by atoms with E-state index < -0.39 is 0 Å². The summed E-state index contributed by atoms with van der Waals surface area (Å²) >= 11 is 0. The zero-order valence-corrected chi connectivity index (χ0v) is 11.1. The van der Waals surface area contributed by atoms with Crippen molar-refractivity contribution in [2.75, 3.05) is 18.4 Å². The van der Waals surface area contributed by atoms with Gasteiger partial charge in [0.25, 0.3) is 0 Å². The number of carbonyl (C=O) groups is 1. The third kappa shape index (κ3) is 2.73. The van der Waals surface area contributed by atoms with Crippen LogP contribution in [-0.2, 0) is 11.3 Å². The van der Waals surface area contributed by atoms with Crippen LogP contribution in [0.25, 0.3) is 0 Å². The molecule has 0 aromatic carbocycles. The number of carbonyl (C=O) groups excluding carboxylic acids is 1. The molecule has 6 nitrogen and oxygen atoms in total. The highest BCUT2D eigenvalue weighted by Gasteiger charge is 2.35. The molecule has 0 bridgehead atoms. The van der Waals surface area contributed by atoms with E-state index in [1.54, 1.807) is 10.9 Å². The second kappa shape index (κ2) is 5.21. The Morgan fingerprint density at radius 3 is 3.16 bits per heavy atom. The molecule has 0 aliphatic carbocycles. The third-order valence-electron chi connectivity index (χ3n) is 4.16. The maximum absolute atomic E-state index is 10.8. The SMILES string of the molecule is NC(=O)Cn1cc(NC2CCN3CCCCC23)cn1. The minimum Gasteiger partial charge on any atom is -0.378 e. The molecule has 0 radical (unpaired) electrons. The van der Waals surface area contributed by atoms with Crippen molar-refractivity contribution in [3.8, 4) is 0 Å². The van der Waals surface area contributed by atoms with Gasteiger partial charge >= 0.3 is 0 Å². The van der Waals surface area contributed by atoms with Crippen molar-refractivity contribution in [2.24, 2.45) is 5.73 Å². The lowest BCUT2D eigenvalue weighted by Gasteiger charge is -2.32. The van der Waals surface area contributed by atoms with Crippen LogP contribution in [0.3, 0.4) is 0 Å². The van der Waals surface area contributed by atoms with Crippen molar-refractivity contribution >= 4 is 11.6 Å². The van der Waals surface area contributed by atoms with Crippen LogP contribution in [-0.4, -0.2) is 45.8 Å². The molecular weight excluding hydrogens is 242 g/mol. The van der Waals surface area contributed by atoms with E-state index in [0.717, 1.165) is 5.69 Å². The largest absolute Gasteiger partial charge is 0.378 e. The Kier molecular flexibility index (Phi) is 3.42. The molecule has 3 rings (SSSR count). The van der Waals surface area contributed by atoms with Gasteiger partial charge in [0.1, 0.15) is 6.54 Å². The van der Waals surface area contributed by atoms with Crippen LogP contribution < -0.4 is 11.1 Å². The summed E-state index contributed by atoms with van der Waals surface area (Å²) in [6.07, 6.45) is 8.77. The molecule has 2 atom stereocenters. The first-order valence-electron chi connectivity index (χ1n) is 7.04. The number of anilines is 1. The standard InChI is InChI=1S/C13H21N5O/c14-13(19)9-18-8-10(7-15-18)16-11-4-6-17-5-2-1-3-12(11)17/h7-8,11-12,16H,1-6,9H2,(H2,14,19). The molecule has 19 heavy (non-hydrogen) atoms. The molecule has 2 aliphatic rings. The molecular formula is C13H21N5O. The van der Waals surface area contributed by atoms with E-state index in [1.165, 1.54) is 38.8 Å². The van der Waals surface area contributed by atoms with Gasteiger partial charge in [0.15, 0.2) is 0 Å². The zero-order chi connectivity index (χ0) is 13.2. The quantitative estimate of drug-likeness (QED) is 0.825. The molecule has 3 N–H and O–H groups in total. The normalized spacial score (nSPS) is 27.2. The highest BCUT2D eigenvalue weighted by atomic mass is 16.1. The van der Waals surface area contributed by atoms with Gasteiger partial charge in [-0.1, -0.05) is 6.42 Å². The fraction of sp³-hybridized carbons (Fsp3) is 0.692. The van der Waals surface area contributed by atoms with E-state index in [9.17, 15) is 4.79 Å². The minimum absolute atomic E-state index is 0.141. The van der Waals surface area contributed by atoms with Gasteiger partial charge in [0, 0.05) is 24.8 Å². The second-order valence-electron chi connectivity index (χ2n) is 5.53. The van der Waals surface area contributed by atoms with E-state index in [0.29, 0.717) is 12.1 Å². The van der Waals surface area contributed by atoms with Gasteiger partial charge in [0.05, 0.1) is 11.9 Å². The van der Waals surface area contributed by atoms with E-state index in [2.05, 4.69) is 15.3 Å². The number of fused-ring (bicyclic) bond motifs is 1. The van der Waals surface area contributed by atoms with Gasteiger partial charge in [-0.15, -0.1) is 0 Å². The van der Waals surface area contributed by atoms with Gasteiger partial charge in [-0.3, -0.25) is 14.4 Å². The average Bonchev–Trinajstić information content (AvgIpc) is 2.97. The predicted octanol–water partition coefficient (Wildman–Crippen LogP) is 0.407. The first-order chi connectivity index (χ1) is 9.22. The van der Waals surface area contributed by atoms with Crippen molar-refractivity contribution in [2.45, 2.75) is 44.3 Å². The number of piperidine rings is 1. The molecule has 2 saturated heterocycles. The monoisotopic (exact) mass is 263 g/mol. The average molecular weight is 263 g/mol. The maximum atomic E-state index is 10.8. The molecule has 3 heterocycles. The Labute approximate surface area is 112 Å². The number of hydrogen-bond acceptors (Lipinski definition) is 4. The molecule has 2 fully saturated rings. The van der Waals surface area contributed by atoms with Gasteiger partial charge in [-0.2, -0.15) is 5.10 Å². The fourth-order valence-corrected chi connectivity index (χ4v) is 3.31. The highest BCUT2D eigenvalue weighted by Crippen LogP contribution is 2.29. The van der Waals surface area contributed by atoms with Crippen molar-refractivity contribution in [3.05, 3.63) is 12.4 Å². The molecule has 2 aliphatic heterocycles. The summed E-state index contributed by atoms with van der Waals surface area (Å²) in [5.74, 6) is -0.367. The number of rotatable bonds is 4. The van der Waals surface area contributed by atoms with Crippen LogP contribution in [0.5, 0.6) is 0 Å².